The molecule has 0 bridgehead atoms. The SMILES string of the molecule is Cc1conc1[C@@H](CCN)Oc1cc(Cl)c(F)cc1C#N. The predicted octanol–water partition coefficient (Wildman–Crippen LogP) is 3.12. The van der Waals surface area contributed by atoms with Crippen molar-refractivity contribution in [2.75, 3.05) is 6.54 Å². The van der Waals surface area contributed by atoms with Crippen molar-refractivity contribution in [1.82, 2.24) is 5.16 Å². The molecule has 0 amide bonds. The molecule has 2 rings (SSSR count). The average molecular weight is 310 g/mol. The number of halogens is 2. The van der Waals surface area contributed by atoms with Crippen LogP contribution in [0.1, 0.15) is 29.3 Å². The maximum Gasteiger partial charge on any atom is 0.146 e. The fraction of sp³-hybridized carbons (Fsp3) is 0.286. The van der Waals surface area contributed by atoms with Gasteiger partial charge in [-0.05, 0) is 19.5 Å². The van der Waals surface area contributed by atoms with E-state index in [1.807, 2.05) is 13.0 Å². The van der Waals surface area contributed by atoms with Gasteiger partial charge < -0.3 is 15.0 Å². The Morgan fingerprint density at radius 2 is 2.33 bits per heavy atom. The van der Waals surface area contributed by atoms with Crippen molar-refractivity contribution < 1.29 is 13.7 Å². The Morgan fingerprint density at radius 3 is 2.90 bits per heavy atom. The third kappa shape index (κ3) is 3.32. The van der Waals surface area contributed by atoms with Gasteiger partial charge in [-0.3, -0.25) is 0 Å². The second kappa shape index (κ2) is 6.57. The first-order valence-electron chi connectivity index (χ1n) is 6.23. The van der Waals surface area contributed by atoms with Gasteiger partial charge in [0, 0.05) is 18.1 Å². The molecular weight excluding hydrogens is 297 g/mol. The lowest BCUT2D eigenvalue weighted by atomic mass is 10.1. The van der Waals surface area contributed by atoms with Crippen LogP contribution in [0.25, 0.3) is 0 Å². The highest BCUT2D eigenvalue weighted by atomic mass is 35.5. The fourth-order valence-corrected chi connectivity index (χ4v) is 2.03. The van der Waals surface area contributed by atoms with Crippen LogP contribution in [0.5, 0.6) is 5.75 Å². The third-order valence-electron chi connectivity index (χ3n) is 2.93. The van der Waals surface area contributed by atoms with Gasteiger partial charge in [-0.1, -0.05) is 16.8 Å². The van der Waals surface area contributed by atoms with Crippen LogP contribution in [0.3, 0.4) is 0 Å². The van der Waals surface area contributed by atoms with Crippen LogP contribution in [-0.4, -0.2) is 11.7 Å². The van der Waals surface area contributed by atoms with Gasteiger partial charge >= 0.3 is 0 Å². The smallest absolute Gasteiger partial charge is 0.146 e. The van der Waals surface area contributed by atoms with E-state index in [4.69, 9.17) is 31.9 Å². The van der Waals surface area contributed by atoms with Gasteiger partial charge in [-0.2, -0.15) is 5.26 Å². The molecular formula is C14H13ClFN3O2. The first-order chi connectivity index (χ1) is 10.1. The molecule has 0 saturated carbocycles. The maximum atomic E-state index is 13.4. The average Bonchev–Trinajstić information content (AvgIpc) is 2.88. The van der Waals surface area contributed by atoms with Crippen molar-refractivity contribution in [2.24, 2.45) is 5.73 Å². The van der Waals surface area contributed by atoms with Gasteiger partial charge in [0.25, 0.3) is 0 Å². The van der Waals surface area contributed by atoms with Crippen LogP contribution < -0.4 is 10.5 Å². The summed E-state index contributed by atoms with van der Waals surface area (Å²) in [5, 5.41) is 12.8. The summed E-state index contributed by atoms with van der Waals surface area (Å²) in [6.07, 6.45) is 1.46. The van der Waals surface area contributed by atoms with Crippen LogP contribution in [0.4, 0.5) is 4.39 Å². The molecule has 5 nitrogen and oxygen atoms in total. The number of ether oxygens (including phenoxy) is 1. The van der Waals surface area contributed by atoms with Crippen LogP contribution in [0, 0.1) is 24.1 Å². The Balaban J connectivity index is 2.36. The van der Waals surface area contributed by atoms with Gasteiger partial charge in [0.2, 0.25) is 0 Å². The number of nitrogens with zero attached hydrogens (tertiary/aromatic N) is 2. The van der Waals surface area contributed by atoms with Crippen LogP contribution >= 0.6 is 11.6 Å². The van der Waals surface area contributed by atoms with E-state index in [9.17, 15) is 4.39 Å². The minimum Gasteiger partial charge on any atom is -0.482 e. The molecule has 1 aromatic carbocycles. The van der Waals surface area contributed by atoms with Gasteiger partial charge in [0.1, 0.15) is 35.7 Å². The lowest BCUT2D eigenvalue weighted by molar-refractivity contribution is 0.185. The molecule has 0 aliphatic rings. The molecule has 1 heterocycles. The second-order valence-corrected chi connectivity index (χ2v) is 4.85. The number of nitriles is 1. The van der Waals surface area contributed by atoms with Gasteiger partial charge in [-0.15, -0.1) is 0 Å². The molecule has 0 unspecified atom stereocenters. The maximum absolute atomic E-state index is 13.4. The van der Waals surface area contributed by atoms with E-state index in [0.29, 0.717) is 18.7 Å². The van der Waals surface area contributed by atoms with Crippen molar-refractivity contribution in [3.8, 4) is 11.8 Å². The zero-order valence-electron chi connectivity index (χ0n) is 11.3. The van der Waals surface area contributed by atoms with E-state index >= 15 is 0 Å². The number of hydrogen-bond acceptors (Lipinski definition) is 5. The molecule has 0 radical (unpaired) electrons. The van der Waals surface area contributed by atoms with Crippen molar-refractivity contribution in [1.29, 1.82) is 5.26 Å². The lowest BCUT2D eigenvalue weighted by Crippen LogP contribution is -2.15. The van der Waals surface area contributed by atoms with Crippen molar-refractivity contribution in [2.45, 2.75) is 19.4 Å². The molecule has 2 aromatic rings. The number of rotatable bonds is 5. The van der Waals surface area contributed by atoms with E-state index in [0.717, 1.165) is 11.6 Å². The lowest BCUT2D eigenvalue weighted by Gasteiger charge is -2.18. The van der Waals surface area contributed by atoms with Gasteiger partial charge in [0.05, 0.1) is 10.6 Å². The second-order valence-electron chi connectivity index (χ2n) is 4.44. The Morgan fingerprint density at radius 1 is 1.57 bits per heavy atom. The number of nitrogens with two attached hydrogens (primary N) is 1. The topological polar surface area (TPSA) is 85.1 Å². The number of benzene rings is 1. The normalized spacial score (nSPS) is 12.0. The van der Waals surface area contributed by atoms with E-state index in [-0.39, 0.29) is 16.3 Å². The first-order valence-corrected chi connectivity index (χ1v) is 6.61. The number of aryl methyl sites for hydroxylation is 1. The summed E-state index contributed by atoms with van der Waals surface area (Å²) in [4.78, 5) is 0. The summed E-state index contributed by atoms with van der Waals surface area (Å²) >= 11 is 5.74. The van der Waals surface area contributed by atoms with Crippen LogP contribution in [0.2, 0.25) is 5.02 Å². The Bertz CT molecular complexity index is 681. The van der Waals surface area contributed by atoms with E-state index in [1.165, 1.54) is 12.3 Å². The van der Waals surface area contributed by atoms with E-state index < -0.39 is 11.9 Å². The molecule has 2 N–H and O–H groups in total. The molecule has 1 aromatic heterocycles. The van der Waals surface area contributed by atoms with E-state index in [2.05, 4.69) is 5.16 Å². The molecule has 0 fully saturated rings. The molecule has 0 spiro atoms. The van der Waals surface area contributed by atoms with Crippen molar-refractivity contribution >= 4 is 11.6 Å². The minimum absolute atomic E-state index is 0.0556. The quantitative estimate of drug-likeness (QED) is 0.917. The van der Waals surface area contributed by atoms with Crippen LogP contribution in [0.15, 0.2) is 22.9 Å². The number of hydrogen-bond donors (Lipinski definition) is 1. The van der Waals surface area contributed by atoms with Crippen molar-refractivity contribution in [3.63, 3.8) is 0 Å². The van der Waals surface area contributed by atoms with Gasteiger partial charge in [-0.25, -0.2) is 4.39 Å². The van der Waals surface area contributed by atoms with Gasteiger partial charge in [0.15, 0.2) is 0 Å². The summed E-state index contributed by atoms with van der Waals surface area (Å²) in [6.45, 7) is 2.18. The molecule has 1 atom stereocenters. The molecule has 0 saturated heterocycles. The standard InChI is InChI=1S/C14H13ClFN3O2/c1-8-7-20-19-14(8)12(2-3-17)21-13-5-10(15)11(16)4-9(13)6-18/h4-5,7,12H,2-3,17H2,1H3/t12-/m1/s1. The fourth-order valence-electron chi connectivity index (χ4n) is 1.88. The summed E-state index contributed by atoms with van der Waals surface area (Å²) in [5.41, 5.74) is 7.02. The zero-order chi connectivity index (χ0) is 15.4. The number of aromatic nitrogens is 1. The Hall–Kier alpha value is -2.10. The summed E-state index contributed by atoms with van der Waals surface area (Å²) < 4.78 is 24.0. The monoisotopic (exact) mass is 309 g/mol. The summed E-state index contributed by atoms with van der Waals surface area (Å²) in [7, 11) is 0. The molecule has 0 aliphatic heterocycles. The van der Waals surface area contributed by atoms with Crippen LogP contribution in [-0.2, 0) is 0 Å². The first kappa shape index (κ1) is 15.3. The van der Waals surface area contributed by atoms with E-state index in [1.54, 1.807) is 0 Å². The van der Waals surface area contributed by atoms with Crippen molar-refractivity contribution in [3.05, 3.63) is 46.1 Å². The molecule has 21 heavy (non-hydrogen) atoms. The largest absolute Gasteiger partial charge is 0.482 e. The summed E-state index contributed by atoms with van der Waals surface area (Å²) in [6, 6.07) is 4.18. The Labute approximate surface area is 126 Å². The molecule has 110 valence electrons. The molecule has 0 aliphatic carbocycles. The highest BCUT2D eigenvalue weighted by Crippen LogP contribution is 2.31. The Kier molecular flexibility index (Phi) is 4.78. The molecule has 7 heteroatoms. The highest BCUT2D eigenvalue weighted by Gasteiger charge is 2.21. The highest BCUT2D eigenvalue weighted by molar-refractivity contribution is 6.30. The third-order valence-corrected chi connectivity index (χ3v) is 3.22. The predicted molar refractivity (Wildman–Crippen MR) is 74.4 cm³/mol. The minimum atomic E-state index is -0.673. The zero-order valence-corrected chi connectivity index (χ0v) is 12.0. The summed E-state index contributed by atoms with van der Waals surface area (Å²) in [5.74, 6) is -0.488.